The molecule has 0 spiro atoms. The van der Waals surface area contributed by atoms with Crippen LogP contribution in [0.1, 0.15) is 19.8 Å². The quantitative estimate of drug-likeness (QED) is 0.540. The van der Waals surface area contributed by atoms with Crippen LogP contribution in [-0.2, 0) is 4.57 Å². The van der Waals surface area contributed by atoms with E-state index in [1.54, 1.807) is 0 Å². The molecular formula is C15H18N3O2PS. The number of unbranched alkanes of at least 4 members (excludes halogenated alkanes) is 1. The molecule has 0 unspecified atom stereocenters. The molecule has 0 atom stereocenters. The molecular weight excluding hydrogens is 317 g/mol. The van der Waals surface area contributed by atoms with E-state index in [-0.39, 0.29) is 5.24 Å². The van der Waals surface area contributed by atoms with E-state index >= 15 is 0 Å². The monoisotopic (exact) mass is 335 g/mol. The van der Waals surface area contributed by atoms with Crippen molar-refractivity contribution in [2.75, 3.05) is 15.9 Å². The number of nitrogens with one attached hydrogen (secondary N) is 3. The van der Waals surface area contributed by atoms with Crippen LogP contribution in [0, 0.1) is 0 Å². The summed E-state index contributed by atoms with van der Waals surface area (Å²) in [5.41, 5.74) is 1.54. The van der Waals surface area contributed by atoms with Gasteiger partial charge in [0.15, 0.2) is 0 Å². The zero-order chi connectivity index (χ0) is 15.6. The van der Waals surface area contributed by atoms with E-state index in [0.29, 0.717) is 0 Å². The molecule has 116 valence electrons. The summed E-state index contributed by atoms with van der Waals surface area (Å²) in [6, 6.07) is 11.6. The molecule has 0 saturated heterocycles. The van der Waals surface area contributed by atoms with Crippen LogP contribution < -0.4 is 15.3 Å². The minimum absolute atomic E-state index is 0.275. The molecule has 3 N–H and O–H groups in total. The smallest absolute Gasteiger partial charge is 0.303 e. The van der Waals surface area contributed by atoms with Crippen molar-refractivity contribution in [3.8, 4) is 0 Å². The first-order chi connectivity index (χ1) is 10.6. The van der Waals surface area contributed by atoms with Gasteiger partial charge in [-0.2, -0.15) is 0 Å². The standard InChI is InChI=1S/C15H18N3O2PS/c1-2-3-10-22-15(19)18-21(20)16-12-8-4-6-11-7-5-9-13(17-21)14(11)12/h4-9H,2-3,10H2,1H3,(H3,16,17,18,19,20). The van der Waals surface area contributed by atoms with Gasteiger partial charge in [-0.15, -0.1) is 0 Å². The molecule has 22 heavy (non-hydrogen) atoms. The van der Waals surface area contributed by atoms with Gasteiger partial charge in [-0.25, -0.2) is 0 Å². The summed E-state index contributed by atoms with van der Waals surface area (Å²) >= 11 is 1.16. The summed E-state index contributed by atoms with van der Waals surface area (Å²) in [5, 5.41) is 10.3. The number of rotatable bonds is 4. The molecule has 5 nitrogen and oxygen atoms in total. The highest BCUT2D eigenvalue weighted by atomic mass is 32.2. The van der Waals surface area contributed by atoms with Crippen molar-refractivity contribution in [3.63, 3.8) is 0 Å². The second-order valence-corrected chi connectivity index (χ2v) is 8.10. The summed E-state index contributed by atoms with van der Waals surface area (Å²) in [4.78, 5) is 11.9. The molecule has 2 aromatic rings. The van der Waals surface area contributed by atoms with Crippen LogP contribution in [0.2, 0.25) is 0 Å². The molecule has 0 radical (unpaired) electrons. The maximum absolute atomic E-state index is 12.9. The normalized spacial score (nSPS) is 15.0. The highest BCUT2D eigenvalue weighted by molar-refractivity contribution is 8.14. The average Bonchev–Trinajstić information content (AvgIpc) is 2.47. The highest BCUT2D eigenvalue weighted by Crippen LogP contribution is 2.50. The molecule has 1 aliphatic heterocycles. The van der Waals surface area contributed by atoms with Gasteiger partial charge in [-0.1, -0.05) is 49.4 Å². The Hall–Kier alpha value is -1.65. The van der Waals surface area contributed by atoms with Gasteiger partial charge in [-0.05, 0) is 23.9 Å². The van der Waals surface area contributed by atoms with Crippen molar-refractivity contribution in [1.82, 2.24) is 5.09 Å². The molecule has 1 heterocycles. The van der Waals surface area contributed by atoms with Crippen molar-refractivity contribution >= 4 is 46.7 Å². The van der Waals surface area contributed by atoms with E-state index in [1.807, 2.05) is 36.4 Å². The third-order valence-electron chi connectivity index (χ3n) is 3.44. The predicted octanol–water partition coefficient (Wildman–Crippen LogP) is 5.03. The minimum Gasteiger partial charge on any atom is -0.303 e. The fourth-order valence-corrected chi connectivity index (χ4v) is 5.16. The van der Waals surface area contributed by atoms with Crippen LogP contribution in [0.5, 0.6) is 0 Å². The third kappa shape index (κ3) is 3.08. The van der Waals surface area contributed by atoms with Crippen molar-refractivity contribution in [2.24, 2.45) is 0 Å². The Morgan fingerprint density at radius 3 is 2.41 bits per heavy atom. The van der Waals surface area contributed by atoms with Crippen molar-refractivity contribution in [2.45, 2.75) is 19.8 Å². The van der Waals surface area contributed by atoms with E-state index in [9.17, 15) is 9.36 Å². The van der Waals surface area contributed by atoms with Gasteiger partial charge in [0.05, 0.1) is 11.4 Å². The summed E-state index contributed by atoms with van der Waals surface area (Å²) in [7, 11) is -3.23. The second kappa shape index (κ2) is 6.23. The van der Waals surface area contributed by atoms with E-state index in [0.717, 1.165) is 52.5 Å². The SMILES string of the molecule is CCCCSC(=O)NP1(=O)Nc2cccc3cccc(c23)N1. The zero-order valence-electron chi connectivity index (χ0n) is 12.3. The predicted molar refractivity (Wildman–Crippen MR) is 94.7 cm³/mol. The number of anilines is 2. The first-order valence-electron chi connectivity index (χ1n) is 7.25. The molecule has 0 aromatic heterocycles. The number of benzene rings is 2. The second-order valence-electron chi connectivity index (χ2n) is 5.14. The molecule has 7 heteroatoms. The van der Waals surface area contributed by atoms with Gasteiger partial charge in [-0.3, -0.25) is 14.4 Å². The lowest BCUT2D eigenvalue weighted by Crippen LogP contribution is -2.27. The molecule has 0 aliphatic carbocycles. The fraction of sp³-hybridized carbons (Fsp3) is 0.267. The molecule has 1 amide bonds. The Morgan fingerprint density at radius 1 is 1.18 bits per heavy atom. The Bertz CT molecular complexity index is 721. The minimum atomic E-state index is -3.23. The van der Waals surface area contributed by atoms with Crippen molar-refractivity contribution in [3.05, 3.63) is 36.4 Å². The number of carbonyl (C=O) groups excluding carboxylic acids is 1. The molecule has 3 rings (SSSR count). The van der Waals surface area contributed by atoms with Crippen LogP contribution >= 0.6 is 19.4 Å². The maximum Gasteiger partial charge on any atom is 0.355 e. The molecule has 2 aromatic carbocycles. The van der Waals surface area contributed by atoms with Gasteiger partial charge >= 0.3 is 7.59 Å². The Labute approximate surface area is 133 Å². The Morgan fingerprint density at radius 2 is 1.82 bits per heavy atom. The molecule has 0 saturated carbocycles. The van der Waals surface area contributed by atoms with Crippen LogP contribution in [0.3, 0.4) is 0 Å². The zero-order valence-corrected chi connectivity index (χ0v) is 14.0. The van der Waals surface area contributed by atoms with Gasteiger partial charge in [0, 0.05) is 11.1 Å². The van der Waals surface area contributed by atoms with E-state index in [4.69, 9.17) is 0 Å². The lowest BCUT2D eigenvalue weighted by atomic mass is 10.1. The van der Waals surface area contributed by atoms with E-state index in [2.05, 4.69) is 22.2 Å². The van der Waals surface area contributed by atoms with Crippen LogP contribution in [0.15, 0.2) is 36.4 Å². The van der Waals surface area contributed by atoms with Gasteiger partial charge in [0.2, 0.25) is 0 Å². The molecule has 0 fully saturated rings. The lowest BCUT2D eigenvalue weighted by Gasteiger charge is -2.29. The first kappa shape index (κ1) is 15.3. The summed E-state index contributed by atoms with van der Waals surface area (Å²) in [5.74, 6) is 0.731. The fourth-order valence-electron chi connectivity index (χ4n) is 2.42. The average molecular weight is 335 g/mol. The van der Waals surface area contributed by atoms with Gasteiger partial charge < -0.3 is 10.2 Å². The van der Waals surface area contributed by atoms with Crippen molar-refractivity contribution < 1.29 is 9.36 Å². The van der Waals surface area contributed by atoms with Gasteiger partial charge in [0.1, 0.15) is 0 Å². The molecule has 1 aliphatic rings. The maximum atomic E-state index is 12.9. The van der Waals surface area contributed by atoms with Crippen molar-refractivity contribution in [1.29, 1.82) is 0 Å². The first-order valence-corrected chi connectivity index (χ1v) is 9.94. The van der Waals surface area contributed by atoms with Crippen LogP contribution in [0.25, 0.3) is 10.8 Å². The number of carbonyl (C=O) groups is 1. The number of hydrogen-bond acceptors (Lipinski definition) is 3. The largest absolute Gasteiger partial charge is 0.355 e. The number of amides is 1. The number of thioether (sulfide) groups is 1. The molecule has 0 bridgehead atoms. The van der Waals surface area contributed by atoms with Gasteiger partial charge in [0.25, 0.3) is 5.24 Å². The number of hydrogen-bond donors (Lipinski definition) is 3. The third-order valence-corrected chi connectivity index (χ3v) is 6.08. The summed E-state index contributed by atoms with van der Waals surface area (Å²) in [6.45, 7) is 2.07. The van der Waals surface area contributed by atoms with Crippen LogP contribution in [-0.4, -0.2) is 11.0 Å². The topological polar surface area (TPSA) is 70.2 Å². The lowest BCUT2D eigenvalue weighted by molar-refractivity contribution is 0.264. The van der Waals surface area contributed by atoms with E-state index in [1.165, 1.54) is 0 Å². The summed E-state index contributed by atoms with van der Waals surface area (Å²) < 4.78 is 12.9. The Kier molecular flexibility index (Phi) is 4.32. The summed E-state index contributed by atoms with van der Waals surface area (Å²) in [6.07, 6.45) is 2.00. The highest BCUT2D eigenvalue weighted by Gasteiger charge is 2.30. The van der Waals surface area contributed by atoms with Crippen LogP contribution in [0.4, 0.5) is 16.2 Å². The Balaban J connectivity index is 1.81. The van der Waals surface area contributed by atoms with E-state index < -0.39 is 7.59 Å².